The number of hydrogen-bond donors (Lipinski definition) is 1. The van der Waals surface area contributed by atoms with Crippen LogP contribution >= 0.6 is 0 Å². The number of rotatable bonds is 3. The van der Waals surface area contributed by atoms with Gasteiger partial charge in [0.1, 0.15) is 5.75 Å². The molecule has 0 unspecified atom stereocenters. The Hall–Kier alpha value is -1.51. The number of benzene rings is 1. The lowest BCUT2D eigenvalue weighted by molar-refractivity contribution is -0.140. The third kappa shape index (κ3) is 2.54. The second-order valence-corrected chi connectivity index (χ2v) is 4.04. The van der Waals surface area contributed by atoms with Crippen molar-refractivity contribution in [2.24, 2.45) is 0 Å². The number of ether oxygens (including phenoxy) is 1. The van der Waals surface area contributed by atoms with Gasteiger partial charge in [0.25, 0.3) is 0 Å². The lowest BCUT2D eigenvalue weighted by Gasteiger charge is -2.13. The van der Waals surface area contributed by atoms with Gasteiger partial charge in [-0.15, -0.1) is 0 Å². The van der Waals surface area contributed by atoms with E-state index in [1.165, 1.54) is 7.11 Å². The van der Waals surface area contributed by atoms with E-state index in [0.29, 0.717) is 18.6 Å². The molecular formula is C13H18O3. The molecule has 88 valence electrons. The summed E-state index contributed by atoms with van der Waals surface area (Å²) in [5, 5.41) is 9.82. The number of carbonyl (C=O) groups is 1. The van der Waals surface area contributed by atoms with Gasteiger partial charge in [-0.1, -0.05) is 6.07 Å². The first-order chi connectivity index (χ1) is 7.47. The van der Waals surface area contributed by atoms with E-state index in [9.17, 15) is 9.90 Å². The minimum absolute atomic E-state index is 0.223. The lowest BCUT2D eigenvalue weighted by Crippen LogP contribution is -2.04. The number of aromatic hydroxyl groups is 1. The highest BCUT2D eigenvalue weighted by molar-refractivity contribution is 5.69. The van der Waals surface area contributed by atoms with Crippen molar-refractivity contribution in [3.63, 3.8) is 0 Å². The molecule has 3 heteroatoms. The van der Waals surface area contributed by atoms with Crippen LogP contribution < -0.4 is 0 Å². The highest BCUT2D eigenvalue weighted by Crippen LogP contribution is 2.28. The van der Waals surface area contributed by atoms with Crippen molar-refractivity contribution in [3.8, 4) is 5.75 Å². The molecular weight excluding hydrogens is 204 g/mol. The van der Waals surface area contributed by atoms with E-state index >= 15 is 0 Å². The largest absolute Gasteiger partial charge is 0.507 e. The van der Waals surface area contributed by atoms with Gasteiger partial charge in [-0.25, -0.2) is 0 Å². The molecule has 0 saturated heterocycles. The number of hydrogen-bond acceptors (Lipinski definition) is 3. The van der Waals surface area contributed by atoms with Crippen molar-refractivity contribution in [2.45, 2.75) is 33.6 Å². The Morgan fingerprint density at radius 2 is 1.94 bits per heavy atom. The monoisotopic (exact) mass is 222 g/mol. The minimum Gasteiger partial charge on any atom is -0.507 e. The van der Waals surface area contributed by atoms with E-state index in [-0.39, 0.29) is 5.97 Å². The first-order valence-corrected chi connectivity index (χ1v) is 5.32. The number of carbonyl (C=O) groups excluding carboxylic acids is 1. The van der Waals surface area contributed by atoms with E-state index in [4.69, 9.17) is 0 Å². The molecule has 1 aromatic carbocycles. The summed E-state index contributed by atoms with van der Waals surface area (Å²) in [4.78, 5) is 11.1. The molecule has 0 spiro atoms. The molecule has 0 amide bonds. The van der Waals surface area contributed by atoms with Gasteiger partial charge in [0.2, 0.25) is 0 Å². The normalized spacial score (nSPS) is 10.2. The van der Waals surface area contributed by atoms with E-state index < -0.39 is 0 Å². The molecule has 16 heavy (non-hydrogen) atoms. The second kappa shape index (κ2) is 5.01. The molecule has 0 atom stereocenters. The third-order valence-electron chi connectivity index (χ3n) is 2.90. The maximum absolute atomic E-state index is 11.1. The molecule has 1 aromatic rings. The van der Waals surface area contributed by atoms with Gasteiger partial charge in [-0.05, 0) is 49.4 Å². The van der Waals surface area contributed by atoms with E-state index in [1.54, 1.807) is 0 Å². The summed E-state index contributed by atoms with van der Waals surface area (Å²) in [7, 11) is 1.38. The third-order valence-corrected chi connectivity index (χ3v) is 2.90. The second-order valence-electron chi connectivity index (χ2n) is 4.04. The summed E-state index contributed by atoms with van der Waals surface area (Å²) in [6.07, 6.45) is 0.957. The van der Waals surface area contributed by atoms with Crippen molar-refractivity contribution < 1.29 is 14.6 Å². The Labute approximate surface area is 96.1 Å². The molecule has 0 aromatic heterocycles. The van der Waals surface area contributed by atoms with Crippen molar-refractivity contribution in [1.29, 1.82) is 0 Å². The van der Waals surface area contributed by atoms with E-state index in [0.717, 1.165) is 22.3 Å². The molecule has 0 bridgehead atoms. The molecule has 0 heterocycles. The number of phenols is 1. The lowest BCUT2D eigenvalue weighted by atomic mass is 9.95. The van der Waals surface area contributed by atoms with Gasteiger partial charge in [0.05, 0.1) is 7.11 Å². The van der Waals surface area contributed by atoms with Crippen LogP contribution in [0, 0.1) is 20.8 Å². The van der Waals surface area contributed by atoms with Crippen LogP contribution in [0.3, 0.4) is 0 Å². The molecule has 3 nitrogen and oxygen atoms in total. The maximum Gasteiger partial charge on any atom is 0.305 e. The maximum atomic E-state index is 11.1. The predicted molar refractivity (Wildman–Crippen MR) is 62.7 cm³/mol. The van der Waals surface area contributed by atoms with Crippen molar-refractivity contribution in [1.82, 2.24) is 0 Å². The summed E-state index contributed by atoms with van der Waals surface area (Å²) in [6.45, 7) is 5.74. The van der Waals surface area contributed by atoms with Gasteiger partial charge in [-0.3, -0.25) is 4.79 Å². The van der Waals surface area contributed by atoms with Gasteiger partial charge in [0, 0.05) is 6.42 Å². The molecule has 0 saturated carbocycles. The Balaban J connectivity index is 2.96. The molecule has 0 radical (unpaired) electrons. The summed E-state index contributed by atoms with van der Waals surface area (Å²) in [5.74, 6) is 0.101. The van der Waals surface area contributed by atoms with Crippen LogP contribution in [0.25, 0.3) is 0 Å². The number of aryl methyl sites for hydroxylation is 2. The van der Waals surface area contributed by atoms with Gasteiger partial charge >= 0.3 is 5.97 Å². The van der Waals surface area contributed by atoms with Crippen molar-refractivity contribution >= 4 is 5.97 Å². The predicted octanol–water partition coefficient (Wildman–Crippen LogP) is 2.42. The van der Waals surface area contributed by atoms with E-state index in [1.807, 2.05) is 26.8 Å². The Bertz CT molecular complexity index is 408. The number of phenolic OH excluding ortho intramolecular Hbond substituents is 1. The van der Waals surface area contributed by atoms with Crippen LogP contribution in [-0.2, 0) is 16.0 Å². The standard InChI is InChI=1S/C13H18O3/c1-8-7-9(2)13(15)10(3)11(8)5-6-12(14)16-4/h7,15H,5-6H2,1-4H3. The average Bonchev–Trinajstić information content (AvgIpc) is 2.25. The Morgan fingerprint density at radius 3 is 2.50 bits per heavy atom. The van der Waals surface area contributed by atoms with Gasteiger partial charge < -0.3 is 9.84 Å². The highest BCUT2D eigenvalue weighted by Gasteiger charge is 2.11. The van der Waals surface area contributed by atoms with Crippen LogP contribution in [-0.4, -0.2) is 18.2 Å². The fraction of sp³-hybridized carbons (Fsp3) is 0.462. The molecule has 0 aliphatic carbocycles. The fourth-order valence-corrected chi connectivity index (χ4v) is 1.93. The van der Waals surface area contributed by atoms with E-state index in [2.05, 4.69) is 4.74 Å². The molecule has 1 rings (SSSR count). The summed E-state index contributed by atoms with van der Waals surface area (Å²) in [5.41, 5.74) is 3.88. The van der Waals surface area contributed by atoms with Crippen molar-refractivity contribution in [2.75, 3.05) is 7.11 Å². The highest BCUT2D eigenvalue weighted by atomic mass is 16.5. The molecule has 0 aliphatic rings. The topological polar surface area (TPSA) is 46.5 Å². The van der Waals surface area contributed by atoms with Gasteiger partial charge in [0.15, 0.2) is 0 Å². The summed E-state index contributed by atoms with van der Waals surface area (Å²) >= 11 is 0. The van der Waals surface area contributed by atoms with Gasteiger partial charge in [-0.2, -0.15) is 0 Å². The zero-order valence-corrected chi connectivity index (χ0v) is 10.3. The zero-order chi connectivity index (χ0) is 12.3. The number of esters is 1. The quantitative estimate of drug-likeness (QED) is 0.799. The van der Waals surface area contributed by atoms with Crippen LogP contribution in [0.4, 0.5) is 0 Å². The van der Waals surface area contributed by atoms with Crippen LogP contribution in [0.2, 0.25) is 0 Å². The Morgan fingerprint density at radius 1 is 1.31 bits per heavy atom. The first-order valence-electron chi connectivity index (χ1n) is 5.32. The fourth-order valence-electron chi connectivity index (χ4n) is 1.93. The number of methoxy groups -OCH3 is 1. The summed E-state index contributed by atoms with van der Waals surface area (Å²) < 4.78 is 4.60. The van der Waals surface area contributed by atoms with Crippen LogP contribution in [0.15, 0.2) is 6.07 Å². The molecule has 0 aliphatic heterocycles. The van der Waals surface area contributed by atoms with Crippen LogP contribution in [0.5, 0.6) is 5.75 Å². The smallest absolute Gasteiger partial charge is 0.305 e. The van der Waals surface area contributed by atoms with Crippen molar-refractivity contribution in [3.05, 3.63) is 28.3 Å². The SMILES string of the molecule is COC(=O)CCc1c(C)cc(C)c(O)c1C. The summed E-state index contributed by atoms with van der Waals surface area (Å²) in [6, 6.07) is 1.94. The Kier molecular flexibility index (Phi) is 3.93. The first kappa shape index (κ1) is 12.6. The average molecular weight is 222 g/mol. The van der Waals surface area contributed by atoms with Crippen LogP contribution in [0.1, 0.15) is 28.7 Å². The minimum atomic E-state index is -0.223. The molecule has 1 N–H and O–H groups in total. The molecule has 0 fully saturated rings. The zero-order valence-electron chi connectivity index (χ0n) is 10.3.